The molecule has 0 saturated carbocycles. The summed E-state index contributed by atoms with van der Waals surface area (Å²) in [7, 11) is -4.05. The Morgan fingerprint density at radius 2 is 1.87 bits per heavy atom. The molecular weight excluding hydrogens is 344 g/mol. The third kappa shape index (κ3) is 2.78. The third-order valence-corrected chi connectivity index (χ3v) is 4.90. The number of nitro benzene ring substituents is 1. The van der Waals surface area contributed by atoms with Crippen LogP contribution in [0.5, 0.6) is 0 Å². The van der Waals surface area contributed by atoms with E-state index in [-0.39, 0.29) is 22.2 Å². The molecule has 0 aromatic heterocycles. The first kappa shape index (κ1) is 15.4. The van der Waals surface area contributed by atoms with Crippen LogP contribution in [0.1, 0.15) is 11.1 Å². The summed E-state index contributed by atoms with van der Waals surface area (Å²) in [5.74, 6) is -0.144. The molecule has 2 aromatic carbocycles. The average Bonchev–Trinajstić information content (AvgIpc) is 2.49. The second-order valence-corrected chi connectivity index (χ2v) is 6.75. The monoisotopic (exact) mass is 352 g/mol. The van der Waals surface area contributed by atoms with Crippen molar-refractivity contribution >= 4 is 39.0 Å². The number of non-ortho nitro benzene ring substituents is 1. The van der Waals surface area contributed by atoms with Crippen molar-refractivity contribution in [1.29, 1.82) is 0 Å². The van der Waals surface area contributed by atoms with Gasteiger partial charge in [0, 0.05) is 22.7 Å². The molecule has 2 aromatic rings. The Kier molecular flexibility index (Phi) is 3.57. The van der Waals surface area contributed by atoms with E-state index in [0.29, 0.717) is 16.1 Å². The summed E-state index contributed by atoms with van der Waals surface area (Å²) in [6, 6.07) is 8.08. The molecule has 1 aliphatic heterocycles. The lowest BCUT2D eigenvalue weighted by molar-refractivity contribution is -0.384. The fourth-order valence-corrected chi connectivity index (χ4v) is 3.33. The quantitative estimate of drug-likeness (QED) is 0.469. The molecule has 0 radical (unpaired) electrons. The van der Waals surface area contributed by atoms with Crippen LogP contribution in [-0.2, 0) is 14.3 Å². The van der Waals surface area contributed by atoms with Gasteiger partial charge in [-0.15, -0.1) is 0 Å². The van der Waals surface area contributed by atoms with Crippen molar-refractivity contribution in [3.05, 3.63) is 62.7 Å². The summed E-state index contributed by atoms with van der Waals surface area (Å²) in [5.41, 5.74) is 1.09. The van der Waals surface area contributed by atoms with Gasteiger partial charge >= 0.3 is 10.1 Å². The first-order valence-corrected chi connectivity index (χ1v) is 8.15. The van der Waals surface area contributed by atoms with Crippen molar-refractivity contribution in [2.75, 3.05) is 0 Å². The Balaban J connectivity index is 2.12. The number of aryl methyl sites for hydroxylation is 1. The number of nitro groups is 1. The van der Waals surface area contributed by atoms with E-state index in [1.807, 2.05) is 0 Å². The highest BCUT2D eigenvalue weighted by molar-refractivity contribution is 7.87. The lowest BCUT2D eigenvalue weighted by Crippen LogP contribution is -2.18. The van der Waals surface area contributed by atoms with Gasteiger partial charge in [-0.25, -0.2) is 4.99 Å². The number of halogens is 1. The normalized spacial score (nSPS) is 15.3. The summed E-state index contributed by atoms with van der Waals surface area (Å²) in [6.45, 7) is 1.73. The van der Waals surface area contributed by atoms with Gasteiger partial charge in [-0.1, -0.05) is 11.6 Å². The lowest BCUT2D eigenvalue weighted by atomic mass is 10.2. The zero-order valence-electron chi connectivity index (χ0n) is 11.7. The zero-order chi connectivity index (χ0) is 16.8. The molecule has 0 unspecified atom stereocenters. The minimum absolute atomic E-state index is 0.112. The highest BCUT2D eigenvalue weighted by Crippen LogP contribution is 2.35. The molecule has 3 rings (SSSR count). The number of benzene rings is 2. The van der Waals surface area contributed by atoms with Crippen LogP contribution in [0.4, 0.5) is 11.4 Å². The van der Waals surface area contributed by atoms with Crippen LogP contribution >= 0.6 is 11.6 Å². The topological polar surface area (TPSA) is 98.9 Å². The molecule has 0 spiro atoms. The van der Waals surface area contributed by atoms with Gasteiger partial charge in [0.1, 0.15) is 4.90 Å². The summed E-state index contributed by atoms with van der Waals surface area (Å²) < 4.78 is 29.4. The number of nitrogens with zero attached hydrogens (tertiary/aromatic N) is 2. The van der Waals surface area contributed by atoms with Crippen LogP contribution < -0.4 is 0 Å². The molecule has 7 nitrogen and oxygen atoms in total. The molecule has 1 heterocycles. The van der Waals surface area contributed by atoms with Crippen LogP contribution in [0.25, 0.3) is 0 Å². The van der Waals surface area contributed by atoms with Crippen molar-refractivity contribution in [2.24, 2.45) is 4.99 Å². The second kappa shape index (κ2) is 5.32. The molecule has 23 heavy (non-hydrogen) atoms. The molecular formula is C14H9ClN2O5S. The lowest BCUT2D eigenvalue weighted by Gasteiger charge is -2.17. The summed E-state index contributed by atoms with van der Waals surface area (Å²) in [5, 5.41) is 11.0. The van der Waals surface area contributed by atoms with E-state index in [1.54, 1.807) is 13.0 Å². The molecule has 0 aliphatic carbocycles. The van der Waals surface area contributed by atoms with E-state index < -0.39 is 15.0 Å². The summed E-state index contributed by atoms with van der Waals surface area (Å²) >= 11 is 5.94. The van der Waals surface area contributed by atoms with E-state index in [9.17, 15) is 18.5 Å². The number of rotatable bonds is 2. The van der Waals surface area contributed by atoms with Crippen LogP contribution in [0.2, 0.25) is 5.02 Å². The molecule has 1 aliphatic rings. The SMILES string of the molecule is Cc1cc2c(cc1Cl)S(=O)(=O)OC(c1ccc([N+](=O)[O-])cc1)=N2. The van der Waals surface area contributed by atoms with Gasteiger partial charge in [-0.2, -0.15) is 8.42 Å². The fraction of sp³-hybridized carbons (Fsp3) is 0.0714. The minimum Gasteiger partial charge on any atom is -0.357 e. The Morgan fingerprint density at radius 1 is 1.22 bits per heavy atom. The maximum Gasteiger partial charge on any atom is 0.342 e. The first-order chi connectivity index (χ1) is 10.8. The molecule has 0 atom stereocenters. The zero-order valence-corrected chi connectivity index (χ0v) is 13.3. The average molecular weight is 353 g/mol. The van der Waals surface area contributed by atoms with Gasteiger partial charge in [-0.3, -0.25) is 10.1 Å². The standard InChI is InChI=1S/C14H9ClN2O5S/c1-8-6-12-13(7-11(8)15)23(20,21)22-14(16-12)9-2-4-10(5-3-9)17(18)19/h2-7H,1H3. The summed E-state index contributed by atoms with van der Waals surface area (Å²) in [6.07, 6.45) is 0. The number of aliphatic imine (C=N–C) groups is 1. The highest BCUT2D eigenvalue weighted by Gasteiger charge is 2.29. The Hall–Kier alpha value is -2.45. The Morgan fingerprint density at radius 3 is 2.48 bits per heavy atom. The van der Waals surface area contributed by atoms with E-state index in [4.69, 9.17) is 15.8 Å². The first-order valence-electron chi connectivity index (χ1n) is 6.36. The van der Waals surface area contributed by atoms with Gasteiger partial charge in [-0.05, 0) is 36.8 Å². The third-order valence-electron chi connectivity index (χ3n) is 3.25. The van der Waals surface area contributed by atoms with Gasteiger partial charge in [0.2, 0.25) is 5.90 Å². The Bertz CT molecular complexity index is 952. The fourth-order valence-electron chi connectivity index (χ4n) is 2.05. The molecule has 0 amide bonds. The minimum atomic E-state index is -4.05. The van der Waals surface area contributed by atoms with Gasteiger partial charge in [0.15, 0.2) is 0 Å². The van der Waals surface area contributed by atoms with Crippen molar-refractivity contribution in [3.63, 3.8) is 0 Å². The van der Waals surface area contributed by atoms with Crippen molar-refractivity contribution in [3.8, 4) is 0 Å². The molecule has 0 saturated heterocycles. The maximum absolute atomic E-state index is 12.2. The van der Waals surface area contributed by atoms with Crippen LogP contribution in [0.15, 0.2) is 46.3 Å². The van der Waals surface area contributed by atoms with E-state index in [1.165, 1.54) is 30.3 Å². The van der Waals surface area contributed by atoms with E-state index in [2.05, 4.69) is 4.99 Å². The molecule has 0 fully saturated rings. The van der Waals surface area contributed by atoms with Crippen molar-refractivity contribution in [2.45, 2.75) is 11.8 Å². The largest absolute Gasteiger partial charge is 0.357 e. The Labute approximate surface area is 136 Å². The molecule has 0 N–H and O–H groups in total. The second-order valence-electron chi connectivity index (χ2n) is 4.83. The van der Waals surface area contributed by atoms with Crippen LogP contribution in [0.3, 0.4) is 0 Å². The number of hydrogen-bond acceptors (Lipinski definition) is 6. The van der Waals surface area contributed by atoms with Crippen LogP contribution in [0, 0.1) is 17.0 Å². The van der Waals surface area contributed by atoms with Gasteiger partial charge in [0.25, 0.3) is 5.69 Å². The molecule has 9 heteroatoms. The van der Waals surface area contributed by atoms with Gasteiger partial charge < -0.3 is 4.18 Å². The van der Waals surface area contributed by atoms with E-state index in [0.717, 1.165) is 0 Å². The van der Waals surface area contributed by atoms with Crippen molar-refractivity contribution < 1.29 is 17.5 Å². The van der Waals surface area contributed by atoms with Gasteiger partial charge in [0.05, 0.1) is 10.6 Å². The summed E-state index contributed by atoms with van der Waals surface area (Å²) in [4.78, 5) is 14.2. The number of fused-ring (bicyclic) bond motifs is 1. The predicted molar refractivity (Wildman–Crippen MR) is 83.8 cm³/mol. The van der Waals surface area contributed by atoms with Crippen LogP contribution in [-0.4, -0.2) is 19.2 Å². The number of hydrogen-bond donors (Lipinski definition) is 0. The molecule has 118 valence electrons. The predicted octanol–water partition coefficient (Wildman–Crippen LogP) is 3.35. The molecule has 0 bridgehead atoms. The highest BCUT2D eigenvalue weighted by atomic mass is 35.5. The van der Waals surface area contributed by atoms with Crippen molar-refractivity contribution in [1.82, 2.24) is 0 Å². The maximum atomic E-state index is 12.2. The smallest absolute Gasteiger partial charge is 0.342 e. The van der Waals surface area contributed by atoms with E-state index >= 15 is 0 Å².